The van der Waals surface area contributed by atoms with Crippen molar-refractivity contribution in [2.45, 2.75) is 19.9 Å². The first kappa shape index (κ1) is 13.0. The summed E-state index contributed by atoms with van der Waals surface area (Å²) in [5, 5.41) is 6.90. The highest BCUT2D eigenvalue weighted by Crippen LogP contribution is 2.08. The average Bonchev–Trinajstić information content (AvgIpc) is 2.65. The Morgan fingerprint density at radius 1 is 1.50 bits per heavy atom. The quantitative estimate of drug-likeness (QED) is 0.676. The normalized spacial score (nSPS) is 11.6. The van der Waals surface area contributed by atoms with Crippen LogP contribution < -0.4 is 10.0 Å². The first-order chi connectivity index (χ1) is 7.57. The molecule has 0 spiro atoms. The summed E-state index contributed by atoms with van der Waals surface area (Å²) in [7, 11) is -1.45. The first-order valence-corrected chi connectivity index (χ1v) is 6.90. The predicted octanol–water partition coefficient (Wildman–Crippen LogP) is 0.254. The molecular weight excluding hydrogens is 228 g/mol. The second-order valence-electron chi connectivity index (χ2n) is 3.46. The molecule has 7 heteroatoms. The van der Waals surface area contributed by atoms with E-state index in [9.17, 15) is 8.42 Å². The molecule has 0 saturated carbocycles. The second kappa shape index (κ2) is 5.86. The Morgan fingerprint density at radius 3 is 2.81 bits per heavy atom. The van der Waals surface area contributed by atoms with Crippen LogP contribution in [0.5, 0.6) is 0 Å². The molecule has 1 heterocycles. The molecule has 1 rings (SSSR count). The van der Waals surface area contributed by atoms with E-state index in [0.717, 1.165) is 6.54 Å². The highest BCUT2D eigenvalue weighted by molar-refractivity contribution is 7.92. The Bertz CT molecular complexity index is 413. The Hall–Kier alpha value is -1.08. The van der Waals surface area contributed by atoms with Gasteiger partial charge in [0.05, 0.1) is 17.6 Å². The fourth-order valence-corrected chi connectivity index (χ4v) is 2.35. The molecule has 2 N–H and O–H groups in total. The highest BCUT2D eigenvalue weighted by Gasteiger charge is 2.10. The number of sulfonamides is 1. The van der Waals surface area contributed by atoms with E-state index in [1.807, 2.05) is 6.92 Å². The zero-order valence-electron chi connectivity index (χ0n) is 9.60. The SMILES string of the molecule is CCn1cc(NS(=O)(=O)CCCNC)cn1. The van der Waals surface area contributed by atoms with Crippen LogP contribution in [0.15, 0.2) is 12.4 Å². The molecule has 6 nitrogen and oxygen atoms in total. The molecule has 0 bridgehead atoms. The number of hydrogen-bond donors (Lipinski definition) is 2. The number of nitrogens with one attached hydrogen (secondary N) is 2. The average molecular weight is 246 g/mol. The minimum atomic E-state index is -3.25. The van der Waals surface area contributed by atoms with Crippen LogP contribution in [0.3, 0.4) is 0 Å². The van der Waals surface area contributed by atoms with Gasteiger partial charge in [0.1, 0.15) is 0 Å². The molecule has 0 radical (unpaired) electrons. The predicted molar refractivity (Wildman–Crippen MR) is 63.9 cm³/mol. The van der Waals surface area contributed by atoms with Gasteiger partial charge < -0.3 is 5.32 Å². The molecular formula is C9H18N4O2S. The first-order valence-electron chi connectivity index (χ1n) is 5.25. The van der Waals surface area contributed by atoms with Gasteiger partial charge in [0.25, 0.3) is 0 Å². The third-order valence-corrected chi connectivity index (χ3v) is 3.44. The fourth-order valence-electron chi connectivity index (χ4n) is 1.26. The Kier molecular flexibility index (Phi) is 4.75. The molecule has 0 unspecified atom stereocenters. The van der Waals surface area contributed by atoms with Crippen molar-refractivity contribution in [3.63, 3.8) is 0 Å². The van der Waals surface area contributed by atoms with Crippen molar-refractivity contribution in [3.05, 3.63) is 12.4 Å². The zero-order valence-corrected chi connectivity index (χ0v) is 10.4. The molecule has 1 aromatic heterocycles. The van der Waals surface area contributed by atoms with E-state index in [4.69, 9.17) is 0 Å². The molecule has 0 atom stereocenters. The van der Waals surface area contributed by atoms with Crippen LogP contribution in [-0.2, 0) is 16.6 Å². The lowest BCUT2D eigenvalue weighted by Crippen LogP contribution is -2.20. The summed E-state index contributed by atoms with van der Waals surface area (Å²) in [6, 6.07) is 0. The van der Waals surface area contributed by atoms with E-state index in [0.29, 0.717) is 18.7 Å². The van der Waals surface area contributed by atoms with Crippen molar-refractivity contribution in [1.82, 2.24) is 15.1 Å². The van der Waals surface area contributed by atoms with Crippen LogP contribution in [0.4, 0.5) is 5.69 Å². The smallest absolute Gasteiger partial charge is 0.232 e. The van der Waals surface area contributed by atoms with E-state index >= 15 is 0 Å². The maximum absolute atomic E-state index is 11.6. The van der Waals surface area contributed by atoms with Crippen molar-refractivity contribution in [3.8, 4) is 0 Å². The van der Waals surface area contributed by atoms with Crippen molar-refractivity contribution in [2.24, 2.45) is 0 Å². The molecule has 0 saturated heterocycles. The van der Waals surface area contributed by atoms with Gasteiger partial charge in [-0.1, -0.05) is 0 Å². The van der Waals surface area contributed by atoms with E-state index in [1.54, 1.807) is 17.9 Å². The maximum Gasteiger partial charge on any atom is 0.232 e. The largest absolute Gasteiger partial charge is 0.320 e. The molecule has 0 aliphatic rings. The molecule has 0 fully saturated rings. The molecule has 92 valence electrons. The minimum Gasteiger partial charge on any atom is -0.320 e. The second-order valence-corrected chi connectivity index (χ2v) is 5.30. The van der Waals surface area contributed by atoms with Crippen molar-refractivity contribution >= 4 is 15.7 Å². The van der Waals surface area contributed by atoms with Gasteiger partial charge in [-0.25, -0.2) is 8.42 Å². The summed E-state index contributed by atoms with van der Waals surface area (Å²) in [4.78, 5) is 0. The molecule has 0 aliphatic carbocycles. The summed E-state index contributed by atoms with van der Waals surface area (Å²) in [5.41, 5.74) is 0.520. The van der Waals surface area contributed by atoms with Crippen LogP contribution in [0.1, 0.15) is 13.3 Å². The minimum absolute atomic E-state index is 0.116. The Morgan fingerprint density at radius 2 is 2.25 bits per heavy atom. The van der Waals surface area contributed by atoms with Gasteiger partial charge in [0.15, 0.2) is 0 Å². The molecule has 1 aromatic rings. The molecule has 16 heavy (non-hydrogen) atoms. The topological polar surface area (TPSA) is 76.0 Å². The lowest BCUT2D eigenvalue weighted by atomic mass is 10.5. The van der Waals surface area contributed by atoms with Crippen LogP contribution >= 0.6 is 0 Å². The lowest BCUT2D eigenvalue weighted by molar-refractivity contribution is 0.597. The standard InChI is InChI=1S/C9H18N4O2S/c1-3-13-8-9(7-11-13)12-16(14,15)6-4-5-10-2/h7-8,10,12H,3-6H2,1-2H3. The number of aromatic nitrogens is 2. The van der Waals surface area contributed by atoms with Crippen LogP contribution in [0.25, 0.3) is 0 Å². The third kappa shape index (κ3) is 4.19. The van der Waals surface area contributed by atoms with Gasteiger partial charge in [0, 0.05) is 12.7 Å². The number of aryl methyl sites for hydroxylation is 1. The molecule has 0 aliphatic heterocycles. The molecule has 0 aromatic carbocycles. The van der Waals surface area contributed by atoms with E-state index in [1.165, 1.54) is 6.20 Å². The fraction of sp³-hybridized carbons (Fsp3) is 0.667. The van der Waals surface area contributed by atoms with E-state index in [-0.39, 0.29) is 5.75 Å². The number of hydrogen-bond acceptors (Lipinski definition) is 4. The van der Waals surface area contributed by atoms with E-state index in [2.05, 4.69) is 15.1 Å². The van der Waals surface area contributed by atoms with E-state index < -0.39 is 10.0 Å². The highest BCUT2D eigenvalue weighted by atomic mass is 32.2. The van der Waals surface area contributed by atoms with Gasteiger partial charge >= 0.3 is 0 Å². The lowest BCUT2D eigenvalue weighted by Gasteiger charge is -2.05. The summed E-state index contributed by atoms with van der Waals surface area (Å²) in [6.07, 6.45) is 3.78. The Labute approximate surface area is 96.1 Å². The van der Waals surface area contributed by atoms with Crippen molar-refractivity contribution < 1.29 is 8.42 Å². The van der Waals surface area contributed by atoms with Gasteiger partial charge in [-0.3, -0.25) is 9.40 Å². The number of anilines is 1. The number of nitrogens with zero attached hydrogens (tertiary/aromatic N) is 2. The zero-order chi connectivity index (χ0) is 12.0. The number of rotatable bonds is 7. The maximum atomic E-state index is 11.6. The monoisotopic (exact) mass is 246 g/mol. The third-order valence-electron chi connectivity index (χ3n) is 2.07. The van der Waals surface area contributed by atoms with Gasteiger partial charge in [-0.15, -0.1) is 0 Å². The van der Waals surface area contributed by atoms with Crippen LogP contribution in [0.2, 0.25) is 0 Å². The van der Waals surface area contributed by atoms with Gasteiger partial charge in [0.2, 0.25) is 10.0 Å². The van der Waals surface area contributed by atoms with Crippen LogP contribution in [-0.4, -0.2) is 37.5 Å². The Balaban J connectivity index is 2.51. The summed E-state index contributed by atoms with van der Waals surface area (Å²) in [5.74, 6) is 0.116. The van der Waals surface area contributed by atoms with Gasteiger partial charge in [-0.05, 0) is 26.9 Å². The van der Waals surface area contributed by atoms with Gasteiger partial charge in [-0.2, -0.15) is 5.10 Å². The summed E-state index contributed by atoms with van der Waals surface area (Å²) < 4.78 is 27.4. The van der Waals surface area contributed by atoms with Crippen molar-refractivity contribution in [2.75, 3.05) is 24.1 Å². The van der Waals surface area contributed by atoms with Crippen LogP contribution in [0, 0.1) is 0 Å². The summed E-state index contributed by atoms with van der Waals surface area (Å²) >= 11 is 0. The molecule has 0 amide bonds. The summed E-state index contributed by atoms with van der Waals surface area (Å²) in [6.45, 7) is 3.36. The van der Waals surface area contributed by atoms with Crippen molar-refractivity contribution in [1.29, 1.82) is 0 Å².